The van der Waals surface area contributed by atoms with Crippen LogP contribution < -0.4 is 0 Å². The lowest BCUT2D eigenvalue weighted by Crippen LogP contribution is -2.33. The third-order valence-corrected chi connectivity index (χ3v) is 4.65. The van der Waals surface area contributed by atoms with Gasteiger partial charge in [0, 0.05) is 18.7 Å². The van der Waals surface area contributed by atoms with Crippen LogP contribution in [-0.2, 0) is 0 Å². The zero-order valence-electron chi connectivity index (χ0n) is 16.2. The van der Waals surface area contributed by atoms with E-state index in [4.69, 9.17) is 0 Å². The maximum Gasteiger partial charge on any atom is 0.253 e. The lowest BCUT2D eigenvalue weighted by Gasteiger charge is -2.23. The number of hydrogen-bond acceptors (Lipinski definition) is 1. The molecule has 1 rings (SSSR count). The van der Waals surface area contributed by atoms with Crippen LogP contribution in [0.5, 0.6) is 0 Å². The van der Waals surface area contributed by atoms with Crippen LogP contribution in [0.1, 0.15) is 94.0 Å². The molecule has 0 fully saturated rings. The second-order valence-electron chi connectivity index (χ2n) is 6.99. The predicted octanol–water partition coefficient (Wildman–Crippen LogP) is 6.38. The highest BCUT2D eigenvalue weighted by Gasteiger charge is 2.14. The van der Waals surface area contributed by atoms with Crippen molar-refractivity contribution in [2.45, 2.75) is 85.0 Å². The number of aryl methyl sites for hydroxylation is 1. The van der Waals surface area contributed by atoms with Crippen LogP contribution in [0.4, 0.5) is 0 Å². The Labute approximate surface area is 149 Å². The predicted molar refractivity (Wildman–Crippen MR) is 105 cm³/mol. The van der Waals surface area contributed by atoms with Crippen molar-refractivity contribution in [2.24, 2.45) is 0 Å². The molecule has 0 aliphatic heterocycles. The van der Waals surface area contributed by atoms with Crippen LogP contribution >= 0.6 is 0 Å². The van der Waals surface area contributed by atoms with Crippen molar-refractivity contribution in [3.8, 4) is 0 Å². The molecule has 24 heavy (non-hydrogen) atoms. The summed E-state index contributed by atoms with van der Waals surface area (Å²) in [5.74, 6) is 0.200. The first kappa shape index (κ1) is 20.7. The fourth-order valence-electron chi connectivity index (χ4n) is 2.98. The molecule has 2 heteroatoms. The van der Waals surface area contributed by atoms with Crippen LogP contribution in [-0.4, -0.2) is 23.9 Å². The second-order valence-corrected chi connectivity index (χ2v) is 6.99. The van der Waals surface area contributed by atoms with E-state index >= 15 is 0 Å². The van der Waals surface area contributed by atoms with E-state index in [2.05, 4.69) is 25.7 Å². The number of carbonyl (C=O) groups is 1. The normalized spacial score (nSPS) is 10.8. The number of rotatable bonds is 13. The lowest BCUT2D eigenvalue weighted by molar-refractivity contribution is 0.0750. The molecule has 0 saturated carbocycles. The van der Waals surface area contributed by atoms with E-state index in [1.54, 1.807) is 0 Å². The van der Waals surface area contributed by atoms with Gasteiger partial charge in [-0.2, -0.15) is 0 Å². The van der Waals surface area contributed by atoms with Crippen LogP contribution in [0.25, 0.3) is 0 Å². The molecule has 0 N–H and O–H groups in total. The number of benzene rings is 1. The molecule has 0 aliphatic carbocycles. The Morgan fingerprint density at radius 2 is 1.25 bits per heavy atom. The Morgan fingerprint density at radius 3 is 1.83 bits per heavy atom. The molecule has 0 saturated heterocycles. The Morgan fingerprint density at radius 1 is 0.750 bits per heavy atom. The average molecular weight is 332 g/mol. The Balaban J connectivity index is 2.36. The van der Waals surface area contributed by atoms with Crippen molar-refractivity contribution in [1.29, 1.82) is 0 Å². The van der Waals surface area contributed by atoms with Gasteiger partial charge in [0.25, 0.3) is 5.91 Å². The van der Waals surface area contributed by atoms with Gasteiger partial charge in [0.15, 0.2) is 0 Å². The molecule has 0 spiro atoms. The standard InChI is InChI=1S/C22H37NO/c1-4-6-8-9-10-11-12-13-19-23(18-7-5-2)22(24)21-16-14-20(3)15-17-21/h14-17H,4-13,18-19H2,1-3H3. The smallest absolute Gasteiger partial charge is 0.253 e. The first-order valence-corrected chi connectivity index (χ1v) is 10.0. The SMILES string of the molecule is CCCCCCCCCCN(CCCC)C(=O)c1ccc(C)cc1. The van der Waals surface area contributed by atoms with E-state index in [1.807, 2.05) is 24.3 Å². The van der Waals surface area contributed by atoms with E-state index in [1.165, 1.54) is 50.5 Å². The molecule has 1 aromatic carbocycles. The summed E-state index contributed by atoms with van der Waals surface area (Å²) < 4.78 is 0. The van der Waals surface area contributed by atoms with E-state index in [-0.39, 0.29) is 5.91 Å². The molecule has 0 atom stereocenters. The highest BCUT2D eigenvalue weighted by molar-refractivity contribution is 5.94. The largest absolute Gasteiger partial charge is 0.339 e. The van der Waals surface area contributed by atoms with E-state index < -0.39 is 0 Å². The summed E-state index contributed by atoms with van der Waals surface area (Å²) in [6.07, 6.45) is 12.7. The van der Waals surface area contributed by atoms with Crippen LogP contribution in [0, 0.1) is 6.92 Å². The first-order chi connectivity index (χ1) is 11.7. The fraction of sp³-hybridized carbons (Fsp3) is 0.682. The Bertz CT molecular complexity index is 438. The third kappa shape index (κ3) is 8.52. The van der Waals surface area contributed by atoms with E-state index in [9.17, 15) is 4.79 Å². The average Bonchev–Trinajstić information content (AvgIpc) is 2.60. The Hall–Kier alpha value is -1.31. The van der Waals surface area contributed by atoms with Crippen molar-refractivity contribution in [3.05, 3.63) is 35.4 Å². The molecule has 1 amide bonds. The van der Waals surface area contributed by atoms with E-state index in [0.717, 1.165) is 37.9 Å². The van der Waals surface area contributed by atoms with Crippen molar-refractivity contribution < 1.29 is 4.79 Å². The van der Waals surface area contributed by atoms with Crippen LogP contribution in [0.2, 0.25) is 0 Å². The Kier molecular flexibility index (Phi) is 11.3. The molecule has 0 radical (unpaired) electrons. The highest BCUT2D eigenvalue weighted by Crippen LogP contribution is 2.12. The van der Waals surface area contributed by atoms with Gasteiger partial charge in [0.1, 0.15) is 0 Å². The molecule has 136 valence electrons. The van der Waals surface area contributed by atoms with E-state index in [0.29, 0.717) is 0 Å². The van der Waals surface area contributed by atoms with Gasteiger partial charge in [-0.3, -0.25) is 4.79 Å². The summed E-state index contributed by atoms with van der Waals surface area (Å²) in [5, 5.41) is 0. The van der Waals surface area contributed by atoms with Crippen molar-refractivity contribution >= 4 is 5.91 Å². The monoisotopic (exact) mass is 331 g/mol. The summed E-state index contributed by atoms with van der Waals surface area (Å²) in [7, 11) is 0. The summed E-state index contributed by atoms with van der Waals surface area (Å²) in [6, 6.07) is 7.98. The molecule has 0 unspecified atom stereocenters. The molecule has 0 aromatic heterocycles. The van der Waals surface area contributed by atoms with Gasteiger partial charge in [-0.1, -0.05) is 82.9 Å². The van der Waals surface area contributed by atoms with Crippen molar-refractivity contribution in [1.82, 2.24) is 4.90 Å². The summed E-state index contributed by atoms with van der Waals surface area (Å²) >= 11 is 0. The van der Waals surface area contributed by atoms with Gasteiger partial charge in [-0.15, -0.1) is 0 Å². The zero-order chi connectivity index (χ0) is 17.6. The highest BCUT2D eigenvalue weighted by atomic mass is 16.2. The third-order valence-electron chi connectivity index (χ3n) is 4.65. The number of carbonyl (C=O) groups excluding carboxylic acids is 1. The summed E-state index contributed by atoms with van der Waals surface area (Å²) in [6.45, 7) is 8.30. The minimum Gasteiger partial charge on any atom is -0.339 e. The number of hydrogen-bond donors (Lipinski definition) is 0. The molecule has 0 heterocycles. The van der Waals surface area contributed by atoms with Crippen LogP contribution in [0.15, 0.2) is 24.3 Å². The number of amides is 1. The van der Waals surface area contributed by atoms with Gasteiger partial charge >= 0.3 is 0 Å². The fourth-order valence-corrected chi connectivity index (χ4v) is 2.98. The molecular formula is C22H37NO. The number of unbranched alkanes of at least 4 members (excludes halogenated alkanes) is 8. The van der Waals surface area contributed by atoms with Gasteiger partial charge in [-0.25, -0.2) is 0 Å². The molecular weight excluding hydrogens is 294 g/mol. The summed E-state index contributed by atoms with van der Waals surface area (Å²) in [4.78, 5) is 14.8. The van der Waals surface area contributed by atoms with Gasteiger partial charge in [0.05, 0.1) is 0 Å². The minimum atomic E-state index is 0.200. The maximum absolute atomic E-state index is 12.7. The first-order valence-electron chi connectivity index (χ1n) is 10.0. The van der Waals surface area contributed by atoms with Gasteiger partial charge in [-0.05, 0) is 31.9 Å². The van der Waals surface area contributed by atoms with Crippen LogP contribution in [0.3, 0.4) is 0 Å². The van der Waals surface area contributed by atoms with Crippen molar-refractivity contribution in [3.63, 3.8) is 0 Å². The minimum absolute atomic E-state index is 0.200. The topological polar surface area (TPSA) is 20.3 Å². The summed E-state index contributed by atoms with van der Waals surface area (Å²) in [5.41, 5.74) is 2.03. The molecule has 0 bridgehead atoms. The number of nitrogens with zero attached hydrogens (tertiary/aromatic N) is 1. The molecule has 2 nitrogen and oxygen atoms in total. The zero-order valence-corrected chi connectivity index (χ0v) is 16.2. The quantitative estimate of drug-likeness (QED) is 0.384. The van der Waals surface area contributed by atoms with Gasteiger partial charge < -0.3 is 4.90 Å². The van der Waals surface area contributed by atoms with Gasteiger partial charge in [0.2, 0.25) is 0 Å². The second kappa shape index (κ2) is 13.0. The molecule has 1 aromatic rings. The van der Waals surface area contributed by atoms with Crippen molar-refractivity contribution in [2.75, 3.05) is 13.1 Å². The lowest BCUT2D eigenvalue weighted by atomic mass is 10.1. The molecule has 0 aliphatic rings. The maximum atomic E-state index is 12.7.